The molecule has 0 spiro atoms. The van der Waals surface area contributed by atoms with Crippen molar-refractivity contribution in [1.82, 2.24) is 10.2 Å². The molecule has 21 heavy (non-hydrogen) atoms. The van der Waals surface area contributed by atoms with Crippen LogP contribution in [0.2, 0.25) is 0 Å². The summed E-state index contributed by atoms with van der Waals surface area (Å²) in [5.41, 5.74) is 0.363. The van der Waals surface area contributed by atoms with Crippen LogP contribution in [0.1, 0.15) is 65.2 Å². The third kappa shape index (κ3) is 6.25. The Balaban J connectivity index is 1.88. The van der Waals surface area contributed by atoms with Crippen LogP contribution < -0.4 is 5.32 Å². The van der Waals surface area contributed by atoms with Crippen molar-refractivity contribution in [3.05, 3.63) is 0 Å². The van der Waals surface area contributed by atoms with E-state index in [4.69, 9.17) is 4.74 Å². The first-order valence-corrected chi connectivity index (χ1v) is 9.31. The fraction of sp³-hybridized carbons (Fsp3) is 1.00. The molecule has 3 nitrogen and oxygen atoms in total. The Morgan fingerprint density at radius 1 is 1.14 bits per heavy atom. The van der Waals surface area contributed by atoms with E-state index in [9.17, 15) is 0 Å². The molecular weight excluding hydrogens is 260 g/mol. The smallest absolute Gasteiger partial charge is 0.0546 e. The molecule has 0 bridgehead atoms. The molecule has 0 radical (unpaired) electrons. The molecule has 1 saturated heterocycles. The van der Waals surface area contributed by atoms with Gasteiger partial charge in [-0.3, -0.25) is 0 Å². The molecule has 0 aromatic carbocycles. The molecule has 1 unspecified atom stereocenters. The lowest BCUT2D eigenvalue weighted by atomic mass is 9.81. The lowest BCUT2D eigenvalue weighted by Gasteiger charge is -2.41. The Hall–Kier alpha value is -0.120. The largest absolute Gasteiger partial charge is 0.381 e. The molecule has 2 fully saturated rings. The summed E-state index contributed by atoms with van der Waals surface area (Å²) in [7, 11) is 0. The third-order valence-corrected chi connectivity index (χ3v) is 4.96. The number of nitrogens with zero attached hydrogens (tertiary/aromatic N) is 1. The van der Waals surface area contributed by atoms with Crippen LogP contribution >= 0.6 is 0 Å². The van der Waals surface area contributed by atoms with Gasteiger partial charge in [-0.1, -0.05) is 26.7 Å². The molecule has 1 N–H and O–H groups in total. The molecule has 1 saturated carbocycles. The van der Waals surface area contributed by atoms with Gasteiger partial charge >= 0.3 is 0 Å². The Kier molecular flexibility index (Phi) is 7.48. The van der Waals surface area contributed by atoms with Gasteiger partial charge in [0.15, 0.2) is 0 Å². The minimum absolute atomic E-state index is 0.363. The van der Waals surface area contributed by atoms with Crippen LogP contribution in [-0.4, -0.2) is 50.3 Å². The molecule has 1 heterocycles. The van der Waals surface area contributed by atoms with Crippen LogP contribution in [0.3, 0.4) is 0 Å². The Morgan fingerprint density at radius 3 is 2.38 bits per heavy atom. The van der Waals surface area contributed by atoms with Gasteiger partial charge in [0.1, 0.15) is 0 Å². The second kappa shape index (κ2) is 9.12. The molecule has 2 rings (SSSR count). The minimum Gasteiger partial charge on any atom is -0.381 e. The first-order chi connectivity index (χ1) is 10.3. The van der Waals surface area contributed by atoms with Crippen molar-refractivity contribution in [1.29, 1.82) is 0 Å². The lowest BCUT2D eigenvalue weighted by Crippen LogP contribution is -2.49. The predicted molar refractivity (Wildman–Crippen MR) is 89.8 cm³/mol. The summed E-state index contributed by atoms with van der Waals surface area (Å²) in [6.07, 6.45) is 10.6. The van der Waals surface area contributed by atoms with Crippen molar-refractivity contribution in [3.8, 4) is 0 Å². The molecule has 124 valence electrons. The highest BCUT2D eigenvalue weighted by atomic mass is 16.5. The maximum Gasteiger partial charge on any atom is 0.0546 e. The second-order valence-corrected chi connectivity index (χ2v) is 7.29. The van der Waals surface area contributed by atoms with Gasteiger partial charge in [0, 0.05) is 31.2 Å². The van der Waals surface area contributed by atoms with Crippen molar-refractivity contribution >= 4 is 0 Å². The quantitative estimate of drug-likeness (QED) is 0.632. The fourth-order valence-corrected chi connectivity index (χ4v) is 3.39. The van der Waals surface area contributed by atoms with Gasteiger partial charge in [0.25, 0.3) is 0 Å². The van der Waals surface area contributed by atoms with E-state index in [-0.39, 0.29) is 0 Å². The Bertz CT molecular complexity index is 264. The maximum atomic E-state index is 5.88. The van der Waals surface area contributed by atoms with E-state index in [0.717, 1.165) is 25.8 Å². The predicted octanol–water partition coefficient (Wildman–Crippen LogP) is 3.44. The summed E-state index contributed by atoms with van der Waals surface area (Å²) >= 11 is 0. The molecule has 1 aliphatic carbocycles. The Labute approximate surface area is 131 Å². The van der Waals surface area contributed by atoms with Crippen LogP contribution in [0, 0.1) is 5.41 Å². The number of ether oxygens (including phenoxy) is 1. The van der Waals surface area contributed by atoms with Crippen LogP contribution in [0.4, 0.5) is 0 Å². The van der Waals surface area contributed by atoms with Gasteiger partial charge in [-0.05, 0) is 51.6 Å². The standard InChI is InChI=1S/C18H36N2O/c1-3-5-11-20(12-6-4-2)15-18(10-7-13-21-16-18)14-19-17-8-9-17/h17,19H,3-16H2,1-2H3. The SMILES string of the molecule is CCCCN(CCCC)CC1(CNC2CC2)CCCOC1. The zero-order valence-corrected chi connectivity index (χ0v) is 14.3. The molecule has 3 heteroatoms. The molecule has 1 atom stereocenters. The fourth-order valence-electron chi connectivity index (χ4n) is 3.39. The number of hydrogen-bond acceptors (Lipinski definition) is 3. The topological polar surface area (TPSA) is 24.5 Å². The average Bonchev–Trinajstić information content (AvgIpc) is 3.33. The highest BCUT2D eigenvalue weighted by Gasteiger charge is 2.36. The summed E-state index contributed by atoms with van der Waals surface area (Å²) < 4.78 is 5.88. The summed E-state index contributed by atoms with van der Waals surface area (Å²) in [5.74, 6) is 0. The molecular formula is C18H36N2O. The monoisotopic (exact) mass is 296 g/mol. The van der Waals surface area contributed by atoms with Crippen LogP contribution in [0.5, 0.6) is 0 Å². The number of hydrogen-bond donors (Lipinski definition) is 1. The van der Waals surface area contributed by atoms with E-state index in [1.807, 2.05) is 0 Å². The number of unbranched alkanes of at least 4 members (excludes halogenated alkanes) is 2. The summed E-state index contributed by atoms with van der Waals surface area (Å²) in [6.45, 7) is 11.4. The van der Waals surface area contributed by atoms with Gasteiger partial charge in [-0.25, -0.2) is 0 Å². The highest BCUT2D eigenvalue weighted by Crippen LogP contribution is 2.31. The van der Waals surface area contributed by atoms with Gasteiger partial charge in [-0.2, -0.15) is 0 Å². The van der Waals surface area contributed by atoms with E-state index in [1.165, 1.54) is 71.0 Å². The van der Waals surface area contributed by atoms with Crippen LogP contribution in [0.15, 0.2) is 0 Å². The minimum atomic E-state index is 0.363. The molecule has 0 amide bonds. The molecule has 2 aliphatic rings. The van der Waals surface area contributed by atoms with E-state index >= 15 is 0 Å². The Morgan fingerprint density at radius 2 is 1.86 bits per heavy atom. The van der Waals surface area contributed by atoms with Crippen molar-refractivity contribution in [2.45, 2.75) is 71.3 Å². The highest BCUT2D eigenvalue weighted by molar-refractivity contribution is 4.91. The van der Waals surface area contributed by atoms with Crippen molar-refractivity contribution in [3.63, 3.8) is 0 Å². The summed E-state index contributed by atoms with van der Waals surface area (Å²) in [4.78, 5) is 2.72. The number of rotatable bonds is 11. The van der Waals surface area contributed by atoms with Crippen LogP contribution in [0.25, 0.3) is 0 Å². The van der Waals surface area contributed by atoms with Crippen molar-refractivity contribution in [2.75, 3.05) is 39.4 Å². The van der Waals surface area contributed by atoms with Crippen LogP contribution in [-0.2, 0) is 4.74 Å². The van der Waals surface area contributed by atoms with Gasteiger partial charge in [-0.15, -0.1) is 0 Å². The zero-order chi connectivity index (χ0) is 15.0. The summed E-state index contributed by atoms with van der Waals surface area (Å²) in [5, 5.41) is 3.78. The first-order valence-electron chi connectivity index (χ1n) is 9.31. The van der Waals surface area contributed by atoms with E-state index < -0.39 is 0 Å². The molecule has 1 aliphatic heterocycles. The third-order valence-electron chi connectivity index (χ3n) is 4.96. The number of nitrogens with one attached hydrogen (secondary N) is 1. The van der Waals surface area contributed by atoms with Crippen molar-refractivity contribution < 1.29 is 4.74 Å². The molecule has 0 aromatic heterocycles. The summed E-state index contributed by atoms with van der Waals surface area (Å²) in [6, 6.07) is 0.809. The van der Waals surface area contributed by atoms with Gasteiger partial charge < -0.3 is 15.0 Å². The molecule has 0 aromatic rings. The normalized spacial score (nSPS) is 26.4. The average molecular weight is 296 g/mol. The van der Waals surface area contributed by atoms with E-state index in [1.54, 1.807) is 0 Å². The maximum absolute atomic E-state index is 5.88. The van der Waals surface area contributed by atoms with E-state index in [0.29, 0.717) is 5.41 Å². The van der Waals surface area contributed by atoms with E-state index in [2.05, 4.69) is 24.1 Å². The second-order valence-electron chi connectivity index (χ2n) is 7.29. The lowest BCUT2D eigenvalue weighted by molar-refractivity contribution is -0.0267. The van der Waals surface area contributed by atoms with Gasteiger partial charge in [0.05, 0.1) is 6.61 Å². The zero-order valence-electron chi connectivity index (χ0n) is 14.3. The first kappa shape index (κ1) is 17.2. The van der Waals surface area contributed by atoms with Crippen molar-refractivity contribution in [2.24, 2.45) is 5.41 Å². The van der Waals surface area contributed by atoms with Gasteiger partial charge in [0.2, 0.25) is 0 Å².